The first-order valence-corrected chi connectivity index (χ1v) is 6.16. The molecule has 0 bridgehead atoms. The van der Waals surface area contributed by atoms with Gasteiger partial charge in [-0.2, -0.15) is 0 Å². The van der Waals surface area contributed by atoms with Gasteiger partial charge in [-0.05, 0) is 50.2 Å². The smallest absolute Gasteiger partial charge is 0.130 e. The van der Waals surface area contributed by atoms with Crippen LogP contribution in [0.15, 0.2) is 42.6 Å². The lowest BCUT2D eigenvalue weighted by Crippen LogP contribution is -2.05. The number of benzene rings is 1. The van der Waals surface area contributed by atoms with Gasteiger partial charge in [0, 0.05) is 11.9 Å². The van der Waals surface area contributed by atoms with E-state index in [1.807, 2.05) is 44.2 Å². The third kappa shape index (κ3) is 3.64. The van der Waals surface area contributed by atoms with E-state index in [4.69, 9.17) is 16.3 Å². The number of hydrogen-bond donors (Lipinski definition) is 1. The molecule has 0 spiro atoms. The van der Waals surface area contributed by atoms with Crippen molar-refractivity contribution in [2.75, 3.05) is 5.32 Å². The number of nitrogens with one attached hydrogen (secondary N) is 1. The molecule has 0 aliphatic carbocycles. The highest BCUT2D eigenvalue weighted by molar-refractivity contribution is 6.30. The van der Waals surface area contributed by atoms with Crippen LogP contribution in [-0.4, -0.2) is 11.1 Å². The maximum atomic E-state index is 5.78. The van der Waals surface area contributed by atoms with Gasteiger partial charge in [-0.3, -0.25) is 0 Å². The molecule has 4 heteroatoms. The second kappa shape index (κ2) is 5.74. The van der Waals surface area contributed by atoms with Crippen LogP contribution in [0.1, 0.15) is 13.8 Å². The summed E-state index contributed by atoms with van der Waals surface area (Å²) in [6, 6.07) is 11.4. The zero-order chi connectivity index (χ0) is 13.0. The summed E-state index contributed by atoms with van der Waals surface area (Å²) < 4.78 is 5.57. The Morgan fingerprint density at radius 2 is 1.83 bits per heavy atom. The van der Waals surface area contributed by atoms with Crippen LogP contribution in [0.5, 0.6) is 5.75 Å². The second-order valence-corrected chi connectivity index (χ2v) is 4.61. The van der Waals surface area contributed by atoms with E-state index in [0.717, 1.165) is 17.3 Å². The molecule has 0 radical (unpaired) electrons. The molecule has 1 N–H and O–H groups in total. The highest BCUT2D eigenvalue weighted by atomic mass is 35.5. The molecule has 0 amide bonds. The maximum Gasteiger partial charge on any atom is 0.130 e. The highest BCUT2D eigenvalue weighted by Gasteiger charge is 1.99. The summed E-state index contributed by atoms with van der Waals surface area (Å²) in [5, 5.41) is 3.81. The average molecular weight is 263 g/mol. The minimum Gasteiger partial charge on any atom is -0.491 e. The molecular weight excluding hydrogens is 248 g/mol. The van der Waals surface area contributed by atoms with E-state index < -0.39 is 0 Å². The first kappa shape index (κ1) is 12.7. The van der Waals surface area contributed by atoms with Gasteiger partial charge in [0.2, 0.25) is 0 Å². The Labute approximate surface area is 112 Å². The molecular formula is C14H15ClN2O. The van der Waals surface area contributed by atoms with E-state index in [1.54, 1.807) is 12.3 Å². The minimum absolute atomic E-state index is 0.182. The van der Waals surface area contributed by atoms with Crippen LogP contribution in [-0.2, 0) is 0 Å². The summed E-state index contributed by atoms with van der Waals surface area (Å²) in [6.07, 6.45) is 1.79. The number of ether oxygens (including phenoxy) is 1. The zero-order valence-electron chi connectivity index (χ0n) is 10.4. The van der Waals surface area contributed by atoms with Crippen molar-refractivity contribution >= 4 is 23.1 Å². The molecule has 18 heavy (non-hydrogen) atoms. The molecule has 0 unspecified atom stereocenters. The van der Waals surface area contributed by atoms with Gasteiger partial charge in [-0.1, -0.05) is 11.6 Å². The Bertz CT molecular complexity index is 494. The average Bonchev–Trinajstić information content (AvgIpc) is 2.34. The summed E-state index contributed by atoms with van der Waals surface area (Å²) in [6.45, 7) is 4.01. The van der Waals surface area contributed by atoms with Gasteiger partial charge in [0.25, 0.3) is 0 Å². The summed E-state index contributed by atoms with van der Waals surface area (Å²) in [4.78, 5) is 4.17. The number of rotatable bonds is 4. The number of nitrogens with zero attached hydrogens (tertiary/aromatic N) is 1. The summed E-state index contributed by atoms with van der Waals surface area (Å²) >= 11 is 5.78. The van der Waals surface area contributed by atoms with Crippen LogP contribution >= 0.6 is 11.6 Å². The number of aromatic nitrogens is 1. The first-order valence-electron chi connectivity index (χ1n) is 5.79. The van der Waals surface area contributed by atoms with Crippen molar-refractivity contribution in [2.45, 2.75) is 20.0 Å². The van der Waals surface area contributed by atoms with Crippen molar-refractivity contribution in [1.82, 2.24) is 4.98 Å². The van der Waals surface area contributed by atoms with E-state index in [1.165, 1.54) is 0 Å². The van der Waals surface area contributed by atoms with Crippen LogP contribution in [0, 0.1) is 0 Å². The molecule has 1 aromatic heterocycles. The fourth-order valence-electron chi connectivity index (χ4n) is 1.49. The normalized spacial score (nSPS) is 10.4. The third-order valence-corrected chi connectivity index (χ3v) is 2.45. The predicted octanol–water partition coefficient (Wildman–Crippen LogP) is 4.27. The van der Waals surface area contributed by atoms with Crippen molar-refractivity contribution in [1.29, 1.82) is 0 Å². The summed E-state index contributed by atoms with van der Waals surface area (Å²) in [7, 11) is 0. The lowest BCUT2D eigenvalue weighted by molar-refractivity contribution is 0.242. The molecule has 2 rings (SSSR count). The molecule has 3 nitrogen and oxygen atoms in total. The van der Waals surface area contributed by atoms with Crippen molar-refractivity contribution in [3.05, 3.63) is 47.6 Å². The zero-order valence-corrected chi connectivity index (χ0v) is 11.1. The van der Waals surface area contributed by atoms with Gasteiger partial charge in [0.05, 0.1) is 11.1 Å². The van der Waals surface area contributed by atoms with Crippen molar-refractivity contribution in [2.24, 2.45) is 0 Å². The van der Waals surface area contributed by atoms with Gasteiger partial charge in [0.1, 0.15) is 11.6 Å². The monoisotopic (exact) mass is 262 g/mol. The quantitative estimate of drug-likeness (QED) is 0.894. The minimum atomic E-state index is 0.182. The molecule has 94 valence electrons. The summed E-state index contributed by atoms with van der Waals surface area (Å²) in [5.74, 6) is 1.62. The van der Waals surface area contributed by atoms with Gasteiger partial charge < -0.3 is 10.1 Å². The second-order valence-electron chi connectivity index (χ2n) is 4.18. The van der Waals surface area contributed by atoms with Crippen LogP contribution in [0.4, 0.5) is 11.5 Å². The van der Waals surface area contributed by atoms with Crippen LogP contribution < -0.4 is 10.1 Å². The van der Waals surface area contributed by atoms with Gasteiger partial charge in [-0.25, -0.2) is 4.98 Å². The largest absolute Gasteiger partial charge is 0.491 e. The van der Waals surface area contributed by atoms with Crippen molar-refractivity contribution < 1.29 is 4.74 Å². The molecule has 0 aliphatic rings. The van der Waals surface area contributed by atoms with Crippen molar-refractivity contribution in [3.8, 4) is 5.75 Å². The van der Waals surface area contributed by atoms with E-state index in [0.29, 0.717) is 5.02 Å². The molecule has 2 aromatic rings. The Hall–Kier alpha value is -1.74. The Balaban J connectivity index is 2.04. The van der Waals surface area contributed by atoms with E-state index in [9.17, 15) is 0 Å². The number of hydrogen-bond acceptors (Lipinski definition) is 3. The fourth-order valence-corrected chi connectivity index (χ4v) is 1.60. The van der Waals surface area contributed by atoms with E-state index in [2.05, 4.69) is 10.3 Å². The van der Waals surface area contributed by atoms with Gasteiger partial charge >= 0.3 is 0 Å². The van der Waals surface area contributed by atoms with Crippen LogP contribution in [0.25, 0.3) is 0 Å². The van der Waals surface area contributed by atoms with Crippen molar-refractivity contribution in [3.63, 3.8) is 0 Å². The topological polar surface area (TPSA) is 34.1 Å². The standard InChI is InChI=1S/C14H15ClN2O/c1-10(2)18-13-6-4-12(5-7-13)17-14-8-3-11(15)9-16-14/h3-10H,1-2H3,(H,16,17). The predicted molar refractivity (Wildman–Crippen MR) is 74.7 cm³/mol. The van der Waals surface area contributed by atoms with Gasteiger partial charge in [-0.15, -0.1) is 0 Å². The molecule has 1 aromatic carbocycles. The Morgan fingerprint density at radius 1 is 1.11 bits per heavy atom. The van der Waals surface area contributed by atoms with E-state index >= 15 is 0 Å². The number of pyridine rings is 1. The molecule has 0 aliphatic heterocycles. The lowest BCUT2D eigenvalue weighted by atomic mass is 10.3. The fraction of sp³-hybridized carbons (Fsp3) is 0.214. The molecule has 0 fully saturated rings. The molecule has 0 saturated heterocycles. The Morgan fingerprint density at radius 3 is 2.39 bits per heavy atom. The number of halogens is 1. The van der Waals surface area contributed by atoms with Gasteiger partial charge in [0.15, 0.2) is 0 Å². The number of anilines is 2. The molecule has 0 saturated carbocycles. The third-order valence-electron chi connectivity index (χ3n) is 2.23. The molecule has 1 heterocycles. The Kier molecular flexibility index (Phi) is 4.05. The highest BCUT2D eigenvalue weighted by Crippen LogP contribution is 2.20. The maximum absolute atomic E-state index is 5.78. The SMILES string of the molecule is CC(C)Oc1ccc(Nc2ccc(Cl)cn2)cc1. The summed E-state index contributed by atoms with van der Waals surface area (Å²) in [5.41, 5.74) is 0.959. The molecule has 0 atom stereocenters. The van der Waals surface area contributed by atoms with E-state index in [-0.39, 0.29) is 6.10 Å². The van der Waals surface area contributed by atoms with Crippen LogP contribution in [0.2, 0.25) is 5.02 Å². The lowest BCUT2D eigenvalue weighted by Gasteiger charge is -2.10. The van der Waals surface area contributed by atoms with Crippen LogP contribution in [0.3, 0.4) is 0 Å². The first-order chi connectivity index (χ1) is 8.63.